The second-order valence-corrected chi connectivity index (χ2v) is 7.65. The number of halogens is 1. The van der Waals surface area contributed by atoms with Crippen LogP contribution in [0.25, 0.3) is 6.08 Å². The predicted octanol–water partition coefficient (Wildman–Crippen LogP) is 3.48. The van der Waals surface area contributed by atoms with Gasteiger partial charge in [-0.25, -0.2) is 8.10 Å². The van der Waals surface area contributed by atoms with Gasteiger partial charge in [-0.15, -0.1) is 0 Å². The highest BCUT2D eigenvalue weighted by Crippen LogP contribution is 2.45. The van der Waals surface area contributed by atoms with E-state index in [2.05, 4.69) is 61.1 Å². The summed E-state index contributed by atoms with van der Waals surface area (Å²) in [6, 6.07) is 0.557. The van der Waals surface area contributed by atoms with Crippen LogP contribution < -0.4 is 5.32 Å². The predicted molar refractivity (Wildman–Crippen MR) is 94.5 cm³/mol. The normalized spacial score (nSPS) is 25.6. The van der Waals surface area contributed by atoms with Crippen LogP contribution >= 0.6 is 22.9 Å². The third-order valence-corrected chi connectivity index (χ3v) is 5.97. The van der Waals surface area contributed by atoms with Crippen LogP contribution in [-0.4, -0.2) is 31.8 Å². The number of aromatic nitrogens is 2. The van der Waals surface area contributed by atoms with Crippen LogP contribution in [0.2, 0.25) is 0 Å². The summed E-state index contributed by atoms with van der Waals surface area (Å²) in [5, 5.41) is 3.68. The minimum atomic E-state index is 0.557. The summed E-state index contributed by atoms with van der Waals surface area (Å²) < 4.78 is 4.66. The zero-order valence-corrected chi connectivity index (χ0v) is 14.5. The van der Waals surface area contributed by atoms with E-state index in [4.69, 9.17) is 4.98 Å². The lowest BCUT2D eigenvalue weighted by molar-refractivity contribution is 0.381. The van der Waals surface area contributed by atoms with Gasteiger partial charge in [-0.05, 0) is 31.8 Å². The topological polar surface area (TPSA) is 33.1 Å². The second-order valence-electron chi connectivity index (χ2n) is 6.29. The van der Waals surface area contributed by atoms with Crippen molar-refractivity contribution in [3.63, 3.8) is 0 Å². The zero-order chi connectivity index (χ0) is 14.4. The van der Waals surface area contributed by atoms with Crippen molar-refractivity contribution < 1.29 is 0 Å². The quantitative estimate of drug-likeness (QED) is 0.614. The van der Waals surface area contributed by atoms with Crippen LogP contribution in [0.4, 0.5) is 5.95 Å². The largest absolute Gasteiger partial charge is 0.353 e. The highest BCUT2D eigenvalue weighted by atomic mass is 127. The third kappa shape index (κ3) is 2.44. The fourth-order valence-corrected chi connectivity index (χ4v) is 4.16. The molecule has 1 N–H and O–H groups in total. The van der Waals surface area contributed by atoms with E-state index in [1.165, 1.54) is 31.4 Å². The van der Waals surface area contributed by atoms with Crippen LogP contribution in [-0.2, 0) is 7.05 Å². The molecule has 21 heavy (non-hydrogen) atoms. The molecule has 4 nitrogen and oxygen atoms in total. The smallest absolute Gasteiger partial charge is 0.203 e. The van der Waals surface area contributed by atoms with Gasteiger partial charge >= 0.3 is 0 Å². The maximum Gasteiger partial charge on any atom is 0.203 e. The first-order valence-electron chi connectivity index (χ1n) is 7.83. The first kappa shape index (κ1) is 13.8. The molecular formula is C16H21IN4. The van der Waals surface area contributed by atoms with Gasteiger partial charge in [-0.3, -0.25) is 0 Å². The number of nitrogens with one attached hydrogen (secondary N) is 1. The van der Waals surface area contributed by atoms with Crippen LogP contribution in [0.15, 0.2) is 17.7 Å². The number of rotatable bonds is 2. The number of piperidine rings is 1. The number of allylic oxidation sites excluding steroid dienone is 3. The minimum absolute atomic E-state index is 0.557. The van der Waals surface area contributed by atoms with Crippen LogP contribution in [0.1, 0.15) is 43.0 Å². The van der Waals surface area contributed by atoms with Crippen molar-refractivity contribution in [2.75, 3.05) is 18.4 Å². The summed E-state index contributed by atoms with van der Waals surface area (Å²) in [6.07, 6.45) is 11.5. The van der Waals surface area contributed by atoms with Gasteiger partial charge in [0.2, 0.25) is 5.95 Å². The molecule has 0 bridgehead atoms. The Balaban J connectivity index is 1.58. The maximum absolute atomic E-state index is 4.86. The molecule has 1 aromatic heterocycles. The van der Waals surface area contributed by atoms with Crippen molar-refractivity contribution >= 4 is 34.9 Å². The lowest BCUT2D eigenvalue weighted by Gasteiger charge is -2.31. The number of nitrogens with zero attached hydrogens (tertiary/aromatic N) is 3. The Morgan fingerprint density at radius 3 is 2.81 bits per heavy atom. The number of hydrogen-bond acceptors (Lipinski definition) is 3. The molecule has 0 radical (unpaired) electrons. The standard InChI is InChI=1S/C16H21IN4/c1-20-15-13-6-5-11(13)3-2-4-14(15)19-16(20)18-12-7-9-21(17)10-8-12/h2-4,12-13H,5-10H2,1H3,(H,18,19). The summed E-state index contributed by atoms with van der Waals surface area (Å²) in [7, 11) is 2.16. The molecule has 1 saturated carbocycles. The molecule has 2 heterocycles. The van der Waals surface area contributed by atoms with E-state index < -0.39 is 0 Å². The summed E-state index contributed by atoms with van der Waals surface area (Å²) in [6.45, 7) is 2.33. The monoisotopic (exact) mass is 396 g/mol. The molecule has 2 fully saturated rings. The van der Waals surface area contributed by atoms with E-state index in [0.29, 0.717) is 12.0 Å². The molecule has 0 aromatic carbocycles. The molecule has 0 spiro atoms. The minimum Gasteiger partial charge on any atom is -0.353 e. The molecule has 5 heteroatoms. The Kier molecular flexibility index (Phi) is 3.57. The van der Waals surface area contributed by atoms with Gasteiger partial charge in [0, 0.05) is 55.0 Å². The van der Waals surface area contributed by atoms with E-state index in [0.717, 1.165) is 24.7 Å². The number of anilines is 1. The van der Waals surface area contributed by atoms with Crippen molar-refractivity contribution in [1.29, 1.82) is 0 Å². The van der Waals surface area contributed by atoms with Gasteiger partial charge in [-0.2, -0.15) is 0 Å². The Morgan fingerprint density at radius 2 is 2.10 bits per heavy atom. The highest BCUT2D eigenvalue weighted by Gasteiger charge is 2.32. The Labute approximate surface area is 139 Å². The van der Waals surface area contributed by atoms with Crippen LogP contribution in [0, 0.1) is 0 Å². The van der Waals surface area contributed by atoms with Crippen molar-refractivity contribution in [3.8, 4) is 0 Å². The molecule has 1 atom stereocenters. The summed E-state index contributed by atoms with van der Waals surface area (Å²) in [4.78, 5) is 4.86. The third-order valence-electron chi connectivity index (χ3n) is 5.01. The van der Waals surface area contributed by atoms with E-state index in [1.54, 1.807) is 5.57 Å². The zero-order valence-electron chi connectivity index (χ0n) is 12.3. The molecular weight excluding hydrogens is 375 g/mol. The Bertz CT molecular complexity index is 608. The van der Waals surface area contributed by atoms with Gasteiger partial charge in [-0.1, -0.05) is 17.7 Å². The average Bonchev–Trinajstić information content (AvgIpc) is 2.67. The van der Waals surface area contributed by atoms with Gasteiger partial charge in [0.1, 0.15) is 0 Å². The lowest BCUT2D eigenvalue weighted by Crippen LogP contribution is -2.34. The lowest BCUT2D eigenvalue weighted by atomic mass is 9.77. The number of imidazole rings is 1. The molecule has 1 aromatic rings. The molecule has 4 rings (SSSR count). The number of fused-ring (bicyclic) bond motifs is 3. The fraction of sp³-hybridized carbons (Fsp3) is 0.562. The van der Waals surface area contributed by atoms with E-state index >= 15 is 0 Å². The molecule has 1 aliphatic heterocycles. The number of hydrogen-bond donors (Lipinski definition) is 1. The van der Waals surface area contributed by atoms with E-state index in [1.807, 2.05) is 0 Å². The summed E-state index contributed by atoms with van der Waals surface area (Å²) >= 11 is 2.42. The van der Waals surface area contributed by atoms with Gasteiger partial charge < -0.3 is 9.88 Å². The SMILES string of the molecule is Cn1c(NC2CCN(I)CC2)nc2c1C1CCC1=CC=C2. The van der Waals surface area contributed by atoms with Crippen LogP contribution in [0.3, 0.4) is 0 Å². The van der Waals surface area contributed by atoms with Crippen LogP contribution in [0.5, 0.6) is 0 Å². The summed E-state index contributed by atoms with van der Waals surface area (Å²) in [5.74, 6) is 1.64. The molecule has 2 aliphatic carbocycles. The second kappa shape index (κ2) is 5.43. The van der Waals surface area contributed by atoms with Gasteiger partial charge in [0.15, 0.2) is 0 Å². The maximum atomic E-state index is 4.86. The van der Waals surface area contributed by atoms with Crippen molar-refractivity contribution in [2.24, 2.45) is 7.05 Å². The molecule has 3 aliphatic rings. The van der Waals surface area contributed by atoms with E-state index in [9.17, 15) is 0 Å². The van der Waals surface area contributed by atoms with Gasteiger partial charge in [0.25, 0.3) is 0 Å². The fourth-order valence-electron chi connectivity index (χ4n) is 3.60. The molecule has 112 valence electrons. The Hall–Kier alpha value is -0.820. The summed E-state index contributed by atoms with van der Waals surface area (Å²) in [5.41, 5.74) is 4.12. The van der Waals surface area contributed by atoms with Crippen molar-refractivity contribution in [2.45, 2.75) is 37.6 Å². The van der Waals surface area contributed by atoms with Crippen molar-refractivity contribution in [3.05, 3.63) is 29.1 Å². The highest BCUT2D eigenvalue weighted by molar-refractivity contribution is 14.1. The Morgan fingerprint density at radius 1 is 1.29 bits per heavy atom. The average molecular weight is 396 g/mol. The molecule has 1 saturated heterocycles. The van der Waals surface area contributed by atoms with E-state index in [-0.39, 0.29) is 0 Å². The molecule has 1 unspecified atom stereocenters. The first-order valence-corrected chi connectivity index (χ1v) is 8.80. The van der Waals surface area contributed by atoms with Gasteiger partial charge in [0.05, 0.1) is 11.4 Å². The molecule has 0 amide bonds. The van der Waals surface area contributed by atoms with Crippen molar-refractivity contribution in [1.82, 2.24) is 12.7 Å². The first-order chi connectivity index (χ1) is 10.2.